The summed E-state index contributed by atoms with van der Waals surface area (Å²) in [5.41, 5.74) is 0.900. The van der Waals surface area contributed by atoms with Crippen LogP contribution in [0.2, 0.25) is 0 Å². The van der Waals surface area contributed by atoms with E-state index in [1.807, 2.05) is 43.3 Å². The highest BCUT2D eigenvalue weighted by Gasteiger charge is 2.15. The van der Waals surface area contributed by atoms with Crippen molar-refractivity contribution in [3.05, 3.63) is 76.3 Å². The van der Waals surface area contributed by atoms with Gasteiger partial charge in [0.25, 0.3) is 0 Å². The molecule has 0 aliphatic heterocycles. The van der Waals surface area contributed by atoms with Crippen LogP contribution in [0.3, 0.4) is 0 Å². The van der Waals surface area contributed by atoms with Gasteiger partial charge in [0.1, 0.15) is 5.75 Å². The lowest BCUT2D eigenvalue weighted by Gasteiger charge is -2.10. The Morgan fingerprint density at radius 1 is 0.905 bits per heavy atom. The molecule has 3 aromatic rings. The second kappa shape index (κ2) is 5.25. The van der Waals surface area contributed by atoms with Gasteiger partial charge in [-0.1, -0.05) is 36.4 Å². The van der Waals surface area contributed by atoms with Crippen LogP contribution in [0.4, 0.5) is 5.69 Å². The van der Waals surface area contributed by atoms with Gasteiger partial charge in [0.15, 0.2) is 0 Å². The zero-order valence-corrected chi connectivity index (χ0v) is 11.4. The number of fused-ring (bicyclic) bond motifs is 1. The van der Waals surface area contributed by atoms with E-state index in [0.29, 0.717) is 5.75 Å². The summed E-state index contributed by atoms with van der Waals surface area (Å²) in [6.07, 6.45) is 0. The van der Waals surface area contributed by atoms with Gasteiger partial charge in [-0.05, 0) is 41.5 Å². The molecule has 4 heteroatoms. The quantitative estimate of drug-likeness (QED) is 0.508. The number of rotatable bonds is 3. The van der Waals surface area contributed by atoms with Gasteiger partial charge in [-0.25, -0.2) is 0 Å². The normalized spacial score (nSPS) is 10.5. The lowest BCUT2D eigenvalue weighted by molar-refractivity contribution is -0.385. The third-order valence-corrected chi connectivity index (χ3v) is 3.33. The van der Waals surface area contributed by atoms with Crippen molar-refractivity contribution in [2.75, 3.05) is 0 Å². The Balaban J connectivity index is 2.06. The number of hydrogen-bond acceptors (Lipinski definition) is 3. The fourth-order valence-electron chi connectivity index (χ4n) is 2.26. The molecule has 0 atom stereocenters. The van der Waals surface area contributed by atoms with Gasteiger partial charge in [-0.15, -0.1) is 0 Å². The first-order valence-electron chi connectivity index (χ1n) is 6.56. The fourth-order valence-corrected chi connectivity index (χ4v) is 2.26. The highest BCUT2D eigenvalue weighted by atomic mass is 16.6. The monoisotopic (exact) mass is 279 g/mol. The topological polar surface area (TPSA) is 52.4 Å². The van der Waals surface area contributed by atoms with Gasteiger partial charge in [-0.3, -0.25) is 10.1 Å². The molecule has 0 saturated carbocycles. The van der Waals surface area contributed by atoms with E-state index in [-0.39, 0.29) is 11.4 Å². The van der Waals surface area contributed by atoms with E-state index >= 15 is 0 Å². The van der Waals surface area contributed by atoms with E-state index in [2.05, 4.69) is 0 Å². The Morgan fingerprint density at radius 3 is 2.24 bits per heavy atom. The largest absolute Gasteiger partial charge is 0.450 e. The fraction of sp³-hybridized carbons (Fsp3) is 0.0588. The highest BCUT2D eigenvalue weighted by Crippen LogP contribution is 2.34. The van der Waals surface area contributed by atoms with Crippen molar-refractivity contribution >= 4 is 16.5 Å². The second-order valence-corrected chi connectivity index (χ2v) is 4.79. The molecule has 0 aliphatic carbocycles. The summed E-state index contributed by atoms with van der Waals surface area (Å²) in [4.78, 5) is 10.6. The van der Waals surface area contributed by atoms with E-state index in [4.69, 9.17) is 4.74 Å². The Labute approximate surface area is 121 Å². The van der Waals surface area contributed by atoms with Gasteiger partial charge < -0.3 is 4.74 Å². The zero-order valence-electron chi connectivity index (χ0n) is 11.4. The lowest BCUT2D eigenvalue weighted by atomic mass is 10.1. The van der Waals surface area contributed by atoms with Gasteiger partial charge in [-0.2, -0.15) is 0 Å². The lowest BCUT2D eigenvalue weighted by Crippen LogP contribution is -1.94. The number of hydrogen-bond donors (Lipinski definition) is 0. The predicted octanol–water partition coefficient (Wildman–Crippen LogP) is 4.85. The number of nitro groups is 1. The molecule has 0 bridgehead atoms. The molecule has 3 rings (SSSR count). The van der Waals surface area contributed by atoms with Crippen molar-refractivity contribution in [2.45, 2.75) is 6.92 Å². The maximum absolute atomic E-state index is 11.0. The molecule has 21 heavy (non-hydrogen) atoms. The van der Waals surface area contributed by atoms with Crippen molar-refractivity contribution < 1.29 is 9.66 Å². The van der Waals surface area contributed by atoms with Crippen molar-refractivity contribution in [1.29, 1.82) is 0 Å². The first kappa shape index (κ1) is 13.1. The molecule has 0 fully saturated rings. The minimum absolute atomic E-state index is 0.0370. The molecule has 3 aromatic carbocycles. The minimum Gasteiger partial charge on any atom is -0.450 e. The molecule has 104 valence electrons. The molecule has 0 aliphatic rings. The van der Waals surface area contributed by atoms with E-state index in [0.717, 1.165) is 16.3 Å². The third-order valence-electron chi connectivity index (χ3n) is 3.33. The van der Waals surface area contributed by atoms with E-state index in [9.17, 15) is 10.1 Å². The molecule has 0 aromatic heterocycles. The van der Waals surface area contributed by atoms with Crippen LogP contribution < -0.4 is 4.74 Å². The Morgan fingerprint density at radius 2 is 1.52 bits per heavy atom. The summed E-state index contributed by atoms with van der Waals surface area (Å²) in [5.74, 6) is 0.879. The zero-order chi connectivity index (χ0) is 14.8. The molecule has 0 radical (unpaired) electrons. The molecule has 0 spiro atoms. The minimum atomic E-state index is -0.439. The van der Waals surface area contributed by atoms with Gasteiger partial charge in [0.05, 0.1) is 4.92 Å². The Hall–Kier alpha value is -2.88. The average molecular weight is 279 g/mol. The van der Waals surface area contributed by atoms with Crippen LogP contribution in [0.5, 0.6) is 11.5 Å². The Kier molecular flexibility index (Phi) is 3.28. The summed E-state index contributed by atoms with van der Waals surface area (Å²) in [7, 11) is 0. The van der Waals surface area contributed by atoms with Gasteiger partial charge in [0.2, 0.25) is 5.75 Å². The van der Waals surface area contributed by atoms with Gasteiger partial charge >= 0.3 is 5.69 Å². The first-order chi connectivity index (χ1) is 10.1. The summed E-state index contributed by atoms with van der Waals surface area (Å²) in [6, 6.07) is 18.2. The summed E-state index contributed by atoms with van der Waals surface area (Å²) >= 11 is 0. The van der Waals surface area contributed by atoms with Crippen LogP contribution in [-0.4, -0.2) is 4.92 Å². The molecule has 4 nitrogen and oxygen atoms in total. The SMILES string of the molecule is Cc1cc2ccccc2cc1Oc1ccccc1[N+](=O)[O-]. The summed E-state index contributed by atoms with van der Waals surface area (Å²) in [6.45, 7) is 1.93. The number of nitrogens with zero attached hydrogens (tertiary/aromatic N) is 1. The van der Waals surface area contributed by atoms with Crippen molar-refractivity contribution in [3.8, 4) is 11.5 Å². The van der Waals surface area contributed by atoms with Crippen molar-refractivity contribution in [2.24, 2.45) is 0 Å². The molecule has 0 amide bonds. The average Bonchev–Trinajstić information content (AvgIpc) is 2.48. The van der Waals surface area contributed by atoms with Crippen LogP contribution in [-0.2, 0) is 0 Å². The van der Waals surface area contributed by atoms with Crippen LogP contribution in [0.25, 0.3) is 10.8 Å². The van der Waals surface area contributed by atoms with Crippen LogP contribution in [0.1, 0.15) is 5.56 Å². The highest BCUT2D eigenvalue weighted by molar-refractivity contribution is 5.85. The van der Waals surface area contributed by atoms with E-state index in [1.54, 1.807) is 18.2 Å². The molecule has 0 saturated heterocycles. The van der Waals surface area contributed by atoms with Crippen molar-refractivity contribution in [1.82, 2.24) is 0 Å². The molecular weight excluding hydrogens is 266 g/mol. The van der Waals surface area contributed by atoms with Crippen LogP contribution >= 0.6 is 0 Å². The van der Waals surface area contributed by atoms with E-state index in [1.165, 1.54) is 6.07 Å². The number of para-hydroxylation sites is 2. The van der Waals surface area contributed by atoms with E-state index < -0.39 is 4.92 Å². The van der Waals surface area contributed by atoms with Crippen LogP contribution in [0, 0.1) is 17.0 Å². The number of benzene rings is 3. The second-order valence-electron chi connectivity index (χ2n) is 4.79. The molecular formula is C17H13NO3. The molecule has 0 heterocycles. The summed E-state index contributed by atoms with van der Waals surface area (Å²) in [5, 5.41) is 13.2. The first-order valence-corrected chi connectivity index (χ1v) is 6.56. The maximum Gasteiger partial charge on any atom is 0.311 e. The van der Waals surface area contributed by atoms with Crippen molar-refractivity contribution in [3.63, 3.8) is 0 Å². The van der Waals surface area contributed by atoms with Gasteiger partial charge in [0, 0.05) is 6.07 Å². The third kappa shape index (κ3) is 2.56. The Bertz CT molecular complexity index is 827. The predicted molar refractivity (Wildman–Crippen MR) is 81.9 cm³/mol. The summed E-state index contributed by atoms with van der Waals surface area (Å²) < 4.78 is 5.77. The standard InChI is InChI=1S/C17H13NO3/c1-12-10-13-6-2-3-7-14(13)11-17(12)21-16-9-5-4-8-15(16)18(19)20/h2-11H,1H3. The number of ether oxygens (including phenoxy) is 1. The number of nitro benzene ring substituents is 1. The van der Waals surface area contributed by atoms with Crippen LogP contribution in [0.15, 0.2) is 60.7 Å². The maximum atomic E-state index is 11.0. The molecule has 0 N–H and O–H groups in total. The molecule has 0 unspecified atom stereocenters. The smallest absolute Gasteiger partial charge is 0.311 e. The number of aryl methyl sites for hydroxylation is 1.